The van der Waals surface area contributed by atoms with Crippen LogP contribution in [0.2, 0.25) is 0 Å². The van der Waals surface area contributed by atoms with Gasteiger partial charge in [-0.25, -0.2) is 0 Å². The fourth-order valence-corrected chi connectivity index (χ4v) is 0.887. The van der Waals surface area contributed by atoms with Crippen LogP contribution >= 0.6 is 9.69 Å². The molecule has 0 N–H and O–H groups in total. The fourth-order valence-electron chi connectivity index (χ4n) is 0.887. The SMILES string of the molecule is CC(C)(C)c1cc[c-]cc1.[Cl][Zn+]. The summed E-state index contributed by atoms with van der Waals surface area (Å²) in [6.07, 6.45) is 0. The third-order valence-electron chi connectivity index (χ3n) is 1.58. The van der Waals surface area contributed by atoms with Crippen LogP contribution in [0.3, 0.4) is 0 Å². The van der Waals surface area contributed by atoms with Crippen LogP contribution in [0.25, 0.3) is 0 Å². The second-order valence-corrected chi connectivity index (χ2v) is 3.54. The van der Waals surface area contributed by atoms with E-state index < -0.39 is 0 Å². The van der Waals surface area contributed by atoms with Gasteiger partial charge in [-0.15, -0.1) is 0 Å². The van der Waals surface area contributed by atoms with Gasteiger partial charge in [0.25, 0.3) is 0 Å². The van der Waals surface area contributed by atoms with Gasteiger partial charge in [-0.05, 0) is 5.41 Å². The van der Waals surface area contributed by atoms with Crippen LogP contribution < -0.4 is 0 Å². The van der Waals surface area contributed by atoms with E-state index in [-0.39, 0.29) is 5.41 Å². The molecule has 0 aromatic heterocycles. The van der Waals surface area contributed by atoms with E-state index in [4.69, 9.17) is 9.69 Å². The Morgan fingerprint density at radius 1 is 1.17 bits per heavy atom. The van der Waals surface area contributed by atoms with Crippen molar-refractivity contribution in [1.29, 1.82) is 0 Å². The van der Waals surface area contributed by atoms with Crippen molar-refractivity contribution in [3.63, 3.8) is 0 Å². The van der Waals surface area contributed by atoms with Gasteiger partial charge in [0.05, 0.1) is 0 Å². The number of halogens is 1. The zero-order valence-electron chi connectivity index (χ0n) is 7.89. The van der Waals surface area contributed by atoms with E-state index in [1.807, 2.05) is 12.1 Å². The molecule has 0 bridgehead atoms. The van der Waals surface area contributed by atoms with Crippen molar-refractivity contribution in [2.75, 3.05) is 0 Å². The summed E-state index contributed by atoms with van der Waals surface area (Å²) in [7, 11) is 4.76. The Kier molecular flexibility index (Phi) is 5.79. The van der Waals surface area contributed by atoms with Gasteiger partial charge in [0, 0.05) is 0 Å². The summed E-state index contributed by atoms with van der Waals surface area (Å²) in [5, 5.41) is 0. The van der Waals surface area contributed by atoms with Gasteiger partial charge in [-0.3, -0.25) is 0 Å². The normalized spacial score (nSPS) is 10.2. The average molecular weight is 234 g/mol. The van der Waals surface area contributed by atoms with E-state index in [1.165, 1.54) is 5.56 Å². The Hall–Kier alpha value is 0.133. The summed E-state index contributed by atoms with van der Waals surface area (Å²) in [4.78, 5) is 0. The van der Waals surface area contributed by atoms with E-state index in [2.05, 4.69) is 39.0 Å². The predicted octanol–water partition coefficient (Wildman–Crippen LogP) is 3.47. The molecular formula is C10H13ClZn. The second-order valence-electron chi connectivity index (χ2n) is 3.54. The quantitative estimate of drug-likeness (QED) is 0.476. The molecule has 0 amide bonds. The third-order valence-corrected chi connectivity index (χ3v) is 1.58. The number of rotatable bonds is 0. The Labute approximate surface area is 89.0 Å². The van der Waals surface area contributed by atoms with Crippen molar-refractivity contribution in [3.8, 4) is 0 Å². The molecule has 0 heterocycles. The van der Waals surface area contributed by atoms with Crippen molar-refractivity contribution in [1.82, 2.24) is 0 Å². The van der Waals surface area contributed by atoms with Gasteiger partial charge in [-0.2, -0.15) is 35.9 Å². The molecule has 1 rings (SSSR count). The summed E-state index contributed by atoms with van der Waals surface area (Å²) in [6, 6.07) is 11.1. The molecular weight excluding hydrogens is 221 g/mol. The summed E-state index contributed by atoms with van der Waals surface area (Å²) < 4.78 is 0. The van der Waals surface area contributed by atoms with E-state index in [0.717, 1.165) is 17.3 Å². The Bertz CT molecular complexity index is 201. The molecule has 1 aromatic rings. The number of benzene rings is 1. The van der Waals surface area contributed by atoms with Crippen molar-refractivity contribution in [2.45, 2.75) is 26.2 Å². The van der Waals surface area contributed by atoms with E-state index in [1.54, 1.807) is 0 Å². The Balaban J connectivity index is 0.000000561. The zero-order valence-corrected chi connectivity index (χ0v) is 11.6. The molecule has 0 radical (unpaired) electrons. The van der Waals surface area contributed by atoms with Gasteiger partial charge in [-0.1, -0.05) is 20.8 Å². The van der Waals surface area contributed by atoms with Crippen LogP contribution in [0.15, 0.2) is 24.3 Å². The summed E-state index contributed by atoms with van der Waals surface area (Å²) in [5.41, 5.74) is 1.64. The van der Waals surface area contributed by atoms with Crippen molar-refractivity contribution in [2.24, 2.45) is 0 Å². The summed E-state index contributed by atoms with van der Waals surface area (Å²) in [5.74, 6) is 0. The first-order valence-electron chi connectivity index (χ1n) is 3.84. The topological polar surface area (TPSA) is 0 Å². The van der Waals surface area contributed by atoms with Crippen LogP contribution in [0.5, 0.6) is 0 Å². The molecule has 0 saturated heterocycles. The molecule has 0 unspecified atom stereocenters. The summed E-state index contributed by atoms with van der Waals surface area (Å²) >= 11 is 0.847. The summed E-state index contributed by atoms with van der Waals surface area (Å²) in [6.45, 7) is 6.63. The van der Waals surface area contributed by atoms with Crippen LogP contribution in [-0.2, 0) is 22.7 Å². The Morgan fingerprint density at radius 2 is 1.58 bits per heavy atom. The van der Waals surface area contributed by atoms with Crippen LogP contribution in [0.4, 0.5) is 0 Å². The maximum atomic E-state index is 4.76. The first kappa shape index (κ1) is 12.1. The van der Waals surface area contributed by atoms with E-state index >= 15 is 0 Å². The molecule has 0 aliphatic carbocycles. The zero-order chi connectivity index (χ0) is 9.61. The van der Waals surface area contributed by atoms with Crippen molar-refractivity contribution >= 4 is 9.69 Å². The molecule has 12 heavy (non-hydrogen) atoms. The van der Waals surface area contributed by atoms with Crippen LogP contribution in [-0.4, -0.2) is 0 Å². The molecule has 0 saturated carbocycles. The second kappa shape index (κ2) is 5.72. The molecule has 1 aromatic carbocycles. The standard InChI is InChI=1S/C10H13.ClH.Zn/c1-10(2,3)9-7-5-4-6-8-9;;/h5-8H,1-3H3;1H;/q-1;;+2/p-1. The first-order valence-corrected chi connectivity index (χ1v) is 7.74. The third kappa shape index (κ3) is 4.23. The fraction of sp³-hybridized carbons (Fsp3) is 0.400. The van der Waals surface area contributed by atoms with Gasteiger partial charge < -0.3 is 0 Å². The molecule has 2 heteroatoms. The predicted molar refractivity (Wildman–Crippen MR) is 49.8 cm³/mol. The Morgan fingerprint density at radius 3 is 1.83 bits per heavy atom. The number of hydrogen-bond acceptors (Lipinski definition) is 0. The molecule has 0 nitrogen and oxygen atoms in total. The molecule has 0 spiro atoms. The average Bonchev–Trinajstić information content (AvgIpc) is 2.08. The monoisotopic (exact) mass is 232 g/mol. The van der Waals surface area contributed by atoms with Crippen molar-refractivity contribution < 1.29 is 17.3 Å². The van der Waals surface area contributed by atoms with Gasteiger partial charge in [0.1, 0.15) is 0 Å². The maximum absolute atomic E-state index is 4.76. The molecule has 0 aliphatic rings. The minimum atomic E-state index is 0.273. The van der Waals surface area contributed by atoms with Crippen molar-refractivity contribution in [3.05, 3.63) is 35.9 Å². The van der Waals surface area contributed by atoms with Crippen LogP contribution in [0, 0.1) is 6.07 Å². The number of hydrogen-bond donors (Lipinski definition) is 0. The van der Waals surface area contributed by atoms with Gasteiger partial charge in [0.15, 0.2) is 0 Å². The first-order chi connectivity index (χ1) is 5.61. The van der Waals surface area contributed by atoms with E-state index in [9.17, 15) is 0 Å². The molecule has 0 fully saturated rings. The van der Waals surface area contributed by atoms with Crippen LogP contribution in [0.1, 0.15) is 26.3 Å². The minimum absolute atomic E-state index is 0.273. The van der Waals surface area contributed by atoms with E-state index in [0.29, 0.717) is 0 Å². The molecule has 62 valence electrons. The molecule has 0 aliphatic heterocycles. The molecule has 0 atom stereocenters. The van der Waals surface area contributed by atoms with Gasteiger partial charge >= 0.3 is 27.0 Å². The van der Waals surface area contributed by atoms with Gasteiger partial charge in [0.2, 0.25) is 0 Å².